The van der Waals surface area contributed by atoms with Gasteiger partial charge in [-0.2, -0.15) is 5.26 Å². The number of Topliss-reactive ketones (excluding diaryl/α,β-unsaturated/α-hetero) is 1. The molecule has 0 radical (unpaired) electrons. The smallest absolute Gasteiger partial charge is 0.164 e. The fourth-order valence-corrected chi connectivity index (χ4v) is 1.00. The van der Waals surface area contributed by atoms with Crippen LogP contribution in [0.4, 0.5) is 0 Å². The fourth-order valence-electron chi connectivity index (χ4n) is 1.00. The Labute approximate surface area is 69.9 Å². The van der Waals surface area contributed by atoms with Crippen molar-refractivity contribution in [3.63, 3.8) is 0 Å². The van der Waals surface area contributed by atoms with Crippen LogP contribution in [0.15, 0.2) is 18.2 Å². The van der Waals surface area contributed by atoms with Gasteiger partial charge < -0.3 is 5.11 Å². The fraction of sp³-hybridized carbons (Fsp3) is 0.111. The van der Waals surface area contributed by atoms with Crippen molar-refractivity contribution in [2.45, 2.75) is 6.92 Å². The molecule has 0 aromatic heterocycles. The van der Waals surface area contributed by atoms with E-state index in [1.807, 2.05) is 6.07 Å². The summed E-state index contributed by atoms with van der Waals surface area (Å²) in [5, 5.41) is 17.8. The Morgan fingerprint density at radius 2 is 2.25 bits per heavy atom. The molecular weight excluding hydrogens is 154 g/mol. The van der Waals surface area contributed by atoms with Crippen molar-refractivity contribution in [1.82, 2.24) is 0 Å². The lowest BCUT2D eigenvalue weighted by molar-refractivity contribution is 0.101. The normalized spacial score (nSPS) is 9.00. The number of hydrogen-bond donors (Lipinski definition) is 1. The van der Waals surface area contributed by atoms with Gasteiger partial charge >= 0.3 is 0 Å². The topological polar surface area (TPSA) is 61.1 Å². The second kappa shape index (κ2) is 3.05. The minimum atomic E-state index is -0.301. The van der Waals surface area contributed by atoms with Crippen molar-refractivity contribution < 1.29 is 9.90 Å². The number of phenols is 1. The molecule has 0 saturated carbocycles. The molecule has 0 fully saturated rings. The van der Waals surface area contributed by atoms with Crippen LogP contribution in [0.1, 0.15) is 22.8 Å². The van der Waals surface area contributed by atoms with Crippen LogP contribution >= 0.6 is 0 Å². The van der Waals surface area contributed by atoms with Gasteiger partial charge in [0, 0.05) is 0 Å². The zero-order valence-corrected chi connectivity index (χ0v) is 6.53. The molecule has 0 aliphatic heterocycles. The first-order valence-corrected chi connectivity index (χ1v) is 3.40. The molecule has 12 heavy (non-hydrogen) atoms. The van der Waals surface area contributed by atoms with Gasteiger partial charge in [0.15, 0.2) is 5.78 Å². The third-order valence-electron chi connectivity index (χ3n) is 1.51. The van der Waals surface area contributed by atoms with E-state index >= 15 is 0 Å². The molecule has 1 aromatic rings. The zero-order chi connectivity index (χ0) is 9.14. The lowest BCUT2D eigenvalue weighted by Gasteiger charge is -2.00. The van der Waals surface area contributed by atoms with Gasteiger partial charge in [-0.05, 0) is 19.1 Å². The number of ketones is 1. The highest BCUT2D eigenvalue weighted by Crippen LogP contribution is 2.20. The summed E-state index contributed by atoms with van der Waals surface area (Å²) in [7, 11) is 0. The predicted octanol–water partition coefficient (Wildman–Crippen LogP) is 1.47. The van der Waals surface area contributed by atoms with Gasteiger partial charge in [0.25, 0.3) is 0 Å². The van der Waals surface area contributed by atoms with Crippen LogP contribution in [-0.2, 0) is 0 Å². The van der Waals surface area contributed by atoms with Gasteiger partial charge in [0.05, 0.1) is 11.1 Å². The van der Waals surface area contributed by atoms with Crippen LogP contribution in [0, 0.1) is 11.3 Å². The summed E-state index contributed by atoms with van der Waals surface area (Å²) >= 11 is 0. The van der Waals surface area contributed by atoms with Crippen molar-refractivity contribution in [3.05, 3.63) is 29.3 Å². The molecule has 1 N–H and O–H groups in total. The Hall–Kier alpha value is -1.82. The number of nitriles is 1. The molecule has 0 amide bonds. The first-order chi connectivity index (χ1) is 5.66. The van der Waals surface area contributed by atoms with Gasteiger partial charge in [0.1, 0.15) is 11.8 Å². The van der Waals surface area contributed by atoms with E-state index in [0.29, 0.717) is 0 Å². The Bertz CT molecular complexity index is 363. The first kappa shape index (κ1) is 8.28. The average Bonchev–Trinajstić information content (AvgIpc) is 2.03. The number of carbonyl (C=O) groups is 1. The molecule has 0 heterocycles. The summed E-state index contributed by atoms with van der Waals surface area (Å²) in [5.74, 6) is -0.439. The molecule has 0 spiro atoms. The quantitative estimate of drug-likeness (QED) is 0.634. The first-order valence-electron chi connectivity index (χ1n) is 3.40. The third kappa shape index (κ3) is 1.28. The molecule has 0 unspecified atom stereocenters. The van der Waals surface area contributed by atoms with Crippen molar-refractivity contribution in [3.8, 4) is 11.8 Å². The second-order valence-electron chi connectivity index (χ2n) is 2.37. The molecule has 1 aromatic carbocycles. The van der Waals surface area contributed by atoms with Crippen molar-refractivity contribution in [2.24, 2.45) is 0 Å². The van der Waals surface area contributed by atoms with Gasteiger partial charge in [0.2, 0.25) is 0 Å². The molecule has 0 saturated heterocycles. The highest BCUT2D eigenvalue weighted by molar-refractivity contribution is 5.99. The Balaban J connectivity index is 3.42. The lowest BCUT2D eigenvalue weighted by atomic mass is 10.0. The Kier molecular flexibility index (Phi) is 2.11. The molecule has 0 aliphatic rings. The summed E-state index contributed by atoms with van der Waals surface area (Å²) in [5.41, 5.74) is 0.308. The summed E-state index contributed by atoms with van der Waals surface area (Å²) < 4.78 is 0. The highest BCUT2D eigenvalue weighted by atomic mass is 16.3. The van der Waals surface area contributed by atoms with Gasteiger partial charge in [-0.15, -0.1) is 0 Å². The average molecular weight is 161 g/mol. The molecule has 0 bridgehead atoms. The van der Waals surface area contributed by atoms with E-state index in [-0.39, 0.29) is 22.7 Å². The third-order valence-corrected chi connectivity index (χ3v) is 1.51. The van der Waals surface area contributed by atoms with Gasteiger partial charge in [-0.3, -0.25) is 4.79 Å². The van der Waals surface area contributed by atoms with Crippen molar-refractivity contribution in [2.75, 3.05) is 0 Å². The van der Waals surface area contributed by atoms with E-state index in [9.17, 15) is 9.90 Å². The number of rotatable bonds is 1. The number of phenolic OH excluding ortho intramolecular Hbond substituents is 1. The molecule has 0 aliphatic carbocycles. The van der Waals surface area contributed by atoms with E-state index in [4.69, 9.17) is 5.26 Å². The van der Waals surface area contributed by atoms with Crippen LogP contribution in [0.25, 0.3) is 0 Å². The molecular formula is C9H7NO2. The standard InChI is InChI=1S/C9H7NO2/c1-6(11)9-7(5-10)3-2-4-8(9)12/h2-4,12H,1H3. The van der Waals surface area contributed by atoms with Crippen LogP contribution in [0.5, 0.6) is 5.75 Å². The number of hydrogen-bond acceptors (Lipinski definition) is 3. The number of benzene rings is 1. The van der Waals surface area contributed by atoms with Crippen molar-refractivity contribution >= 4 is 5.78 Å². The van der Waals surface area contributed by atoms with Gasteiger partial charge in [-0.1, -0.05) is 6.07 Å². The molecule has 3 nitrogen and oxygen atoms in total. The summed E-state index contributed by atoms with van der Waals surface area (Å²) in [6.07, 6.45) is 0. The maximum Gasteiger partial charge on any atom is 0.164 e. The van der Waals surface area contributed by atoms with E-state index in [1.54, 1.807) is 0 Å². The van der Waals surface area contributed by atoms with E-state index in [2.05, 4.69) is 0 Å². The molecule has 1 rings (SSSR count). The largest absolute Gasteiger partial charge is 0.507 e. The number of aromatic hydroxyl groups is 1. The minimum absolute atomic E-state index is 0.0972. The second-order valence-corrected chi connectivity index (χ2v) is 2.37. The number of nitrogens with zero attached hydrogens (tertiary/aromatic N) is 1. The monoisotopic (exact) mass is 161 g/mol. The Morgan fingerprint density at radius 1 is 1.58 bits per heavy atom. The molecule has 60 valence electrons. The highest BCUT2D eigenvalue weighted by Gasteiger charge is 2.10. The van der Waals surface area contributed by atoms with Crippen LogP contribution < -0.4 is 0 Å². The lowest BCUT2D eigenvalue weighted by Crippen LogP contribution is -1.96. The minimum Gasteiger partial charge on any atom is -0.507 e. The Morgan fingerprint density at radius 3 is 2.67 bits per heavy atom. The van der Waals surface area contributed by atoms with E-state index in [1.165, 1.54) is 25.1 Å². The summed E-state index contributed by atoms with van der Waals surface area (Å²) in [4.78, 5) is 10.9. The van der Waals surface area contributed by atoms with Crippen molar-refractivity contribution in [1.29, 1.82) is 5.26 Å². The zero-order valence-electron chi connectivity index (χ0n) is 6.53. The van der Waals surface area contributed by atoms with E-state index < -0.39 is 0 Å². The van der Waals surface area contributed by atoms with E-state index in [0.717, 1.165) is 0 Å². The summed E-state index contributed by atoms with van der Waals surface area (Å²) in [6, 6.07) is 6.25. The number of carbonyl (C=O) groups excluding carboxylic acids is 1. The van der Waals surface area contributed by atoms with Crippen LogP contribution in [0.2, 0.25) is 0 Å². The van der Waals surface area contributed by atoms with Crippen LogP contribution in [-0.4, -0.2) is 10.9 Å². The summed E-state index contributed by atoms with van der Waals surface area (Å²) in [6.45, 7) is 1.32. The predicted molar refractivity (Wildman–Crippen MR) is 42.8 cm³/mol. The van der Waals surface area contributed by atoms with Gasteiger partial charge in [-0.25, -0.2) is 0 Å². The van der Waals surface area contributed by atoms with Crippen LogP contribution in [0.3, 0.4) is 0 Å². The molecule has 3 heteroatoms. The molecule has 0 atom stereocenters. The maximum atomic E-state index is 10.9. The SMILES string of the molecule is CC(=O)c1c(O)cccc1C#N. The maximum absolute atomic E-state index is 10.9.